The zero-order valence-electron chi connectivity index (χ0n) is 31.1. The van der Waals surface area contributed by atoms with Gasteiger partial charge in [0.25, 0.3) is 0 Å². The van der Waals surface area contributed by atoms with Crippen LogP contribution in [0.3, 0.4) is 0 Å². The summed E-state index contributed by atoms with van der Waals surface area (Å²) in [5, 5.41) is 4.80. The Kier molecular flexibility index (Phi) is 7.82. The molecule has 11 rings (SSSR count). The summed E-state index contributed by atoms with van der Waals surface area (Å²) in [4.78, 5) is 2.34. The summed E-state index contributed by atoms with van der Waals surface area (Å²) in [5.41, 5.74) is 15.6. The third-order valence-electron chi connectivity index (χ3n) is 11.2. The molecule has 2 aromatic heterocycles. The van der Waals surface area contributed by atoms with E-state index in [-0.39, 0.29) is 0 Å². The highest BCUT2D eigenvalue weighted by Gasteiger charge is 2.18. The number of furan rings is 1. The van der Waals surface area contributed by atoms with E-state index in [1.165, 1.54) is 44.1 Å². The summed E-state index contributed by atoms with van der Waals surface area (Å²) in [6.45, 7) is 0. The van der Waals surface area contributed by atoms with Crippen molar-refractivity contribution in [2.24, 2.45) is 0 Å². The Morgan fingerprint density at radius 3 is 1.61 bits per heavy atom. The molecule has 57 heavy (non-hydrogen) atoms. The maximum Gasteiger partial charge on any atom is 0.136 e. The number of hydrogen-bond acceptors (Lipinski definition) is 2. The lowest BCUT2D eigenvalue weighted by Crippen LogP contribution is -2.11. The molecule has 0 atom stereocenters. The van der Waals surface area contributed by atoms with Crippen LogP contribution in [0, 0.1) is 0 Å². The molecule has 0 aliphatic rings. The Morgan fingerprint density at radius 2 is 0.877 bits per heavy atom. The number of para-hydroxylation sites is 5. The first kappa shape index (κ1) is 32.8. The molecule has 268 valence electrons. The molecule has 0 N–H and O–H groups in total. The van der Waals surface area contributed by atoms with Gasteiger partial charge in [-0.2, -0.15) is 0 Å². The zero-order chi connectivity index (χ0) is 37.7. The number of hydrogen-bond donors (Lipinski definition) is 0. The van der Waals surface area contributed by atoms with E-state index in [1.807, 2.05) is 12.1 Å². The Labute approximate surface area is 330 Å². The van der Waals surface area contributed by atoms with E-state index in [0.717, 1.165) is 55.8 Å². The number of fused-ring (bicyclic) bond motifs is 6. The average Bonchev–Trinajstić information content (AvgIpc) is 3.83. The fraction of sp³-hybridized carbons (Fsp3) is 0. The Bertz CT molecular complexity index is 3170. The summed E-state index contributed by atoms with van der Waals surface area (Å²) >= 11 is 0. The van der Waals surface area contributed by atoms with Crippen molar-refractivity contribution in [3.05, 3.63) is 218 Å². The molecule has 0 amide bonds. The van der Waals surface area contributed by atoms with Gasteiger partial charge in [0.1, 0.15) is 11.2 Å². The van der Waals surface area contributed by atoms with Crippen molar-refractivity contribution in [1.29, 1.82) is 0 Å². The molecule has 3 nitrogen and oxygen atoms in total. The summed E-state index contributed by atoms with van der Waals surface area (Å²) in [6.07, 6.45) is 0. The lowest BCUT2D eigenvalue weighted by Gasteiger charge is -2.28. The van der Waals surface area contributed by atoms with E-state index in [4.69, 9.17) is 4.42 Å². The van der Waals surface area contributed by atoms with Gasteiger partial charge in [-0.1, -0.05) is 146 Å². The van der Waals surface area contributed by atoms with Crippen LogP contribution in [-0.4, -0.2) is 4.57 Å². The summed E-state index contributed by atoms with van der Waals surface area (Å²) in [7, 11) is 0. The van der Waals surface area contributed by atoms with Gasteiger partial charge in [0.05, 0.1) is 16.7 Å². The van der Waals surface area contributed by atoms with Gasteiger partial charge in [-0.05, 0) is 101 Å². The molecule has 0 radical (unpaired) electrons. The third kappa shape index (κ3) is 5.68. The first-order valence-corrected chi connectivity index (χ1v) is 19.4. The van der Waals surface area contributed by atoms with Crippen molar-refractivity contribution in [3.63, 3.8) is 0 Å². The average molecular weight is 729 g/mol. The van der Waals surface area contributed by atoms with Gasteiger partial charge in [0, 0.05) is 44.2 Å². The second kappa shape index (κ2) is 13.6. The lowest BCUT2D eigenvalue weighted by molar-refractivity contribution is 0.669. The normalized spacial score (nSPS) is 11.5. The second-order valence-corrected chi connectivity index (χ2v) is 14.5. The molecule has 0 aliphatic carbocycles. The molecule has 11 aromatic rings. The molecular formula is C54H36N2O. The molecule has 0 saturated carbocycles. The number of rotatable bonds is 7. The van der Waals surface area contributed by atoms with Gasteiger partial charge < -0.3 is 13.9 Å². The minimum Gasteiger partial charge on any atom is -0.456 e. The first-order valence-electron chi connectivity index (χ1n) is 19.4. The summed E-state index contributed by atoms with van der Waals surface area (Å²) in [6, 6.07) is 78.1. The predicted octanol–water partition coefficient (Wildman–Crippen LogP) is 15.2. The van der Waals surface area contributed by atoms with Gasteiger partial charge in [-0.15, -0.1) is 0 Å². The van der Waals surface area contributed by atoms with Crippen LogP contribution in [0.15, 0.2) is 223 Å². The fourth-order valence-electron chi connectivity index (χ4n) is 8.49. The molecule has 0 aliphatic heterocycles. The monoisotopic (exact) mass is 728 g/mol. The van der Waals surface area contributed by atoms with Crippen LogP contribution in [0.2, 0.25) is 0 Å². The predicted molar refractivity (Wildman–Crippen MR) is 239 cm³/mol. The van der Waals surface area contributed by atoms with Crippen molar-refractivity contribution in [1.82, 2.24) is 4.57 Å². The van der Waals surface area contributed by atoms with Crippen LogP contribution >= 0.6 is 0 Å². The van der Waals surface area contributed by atoms with Crippen molar-refractivity contribution in [2.75, 3.05) is 4.90 Å². The Morgan fingerprint density at radius 1 is 0.333 bits per heavy atom. The van der Waals surface area contributed by atoms with E-state index in [0.29, 0.717) is 0 Å². The molecule has 0 saturated heterocycles. The topological polar surface area (TPSA) is 21.3 Å². The van der Waals surface area contributed by atoms with Gasteiger partial charge in [-0.3, -0.25) is 0 Å². The lowest BCUT2D eigenvalue weighted by atomic mass is 9.99. The summed E-state index contributed by atoms with van der Waals surface area (Å²) in [5.74, 6) is 0. The third-order valence-corrected chi connectivity index (χ3v) is 11.2. The van der Waals surface area contributed by atoms with Crippen molar-refractivity contribution in [3.8, 4) is 39.1 Å². The molecule has 0 unspecified atom stereocenters. The number of benzene rings is 9. The minimum atomic E-state index is 0.890. The molecule has 0 bridgehead atoms. The smallest absolute Gasteiger partial charge is 0.136 e. The van der Waals surface area contributed by atoms with Gasteiger partial charge >= 0.3 is 0 Å². The molecule has 0 spiro atoms. The van der Waals surface area contributed by atoms with E-state index < -0.39 is 0 Å². The Hall–Kier alpha value is -7.62. The SMILES string of the molecule is c1ccc(N(c2ccc(-c3ccc(-c4cccc(-n5c6ccccc6c6ccccc65)c4)cc3)cc2)c2ccccc2-c2ccc3c(c2)oc2ccccc23)cc1. The van der Waals surface area contributed by atoms with E-state index in [9.17, 15) is 0 Å². The second-order valence-electron chi connectivity index (χ2n) is 14.5. The zero-order valence-corrected chi connectivity index (χ0v) is 31.1. The molecule has 0 fully saturated rings. The highest BCUT2D eigenvalue weighted by Crippen LogP contribution is 2.43. The van der Waals surface area contributed by atoms with Crippen molar-refractivity contribution in [2.45, 2.75) is 0 Å². The summed E-state index contributed by atoms with van der Waals surface area (Å²) < 4.78 is 8.68. The quantitative estimate of drug-likeness (QED) is 0.163. The number of anilines is 3. The highest BCUT2D eigenvalue weighted by molar-refractivity contribution is 6.09. The van der Waals surface area contributed by atoms with E-state index >= 15 is 0 Å². The van der Waals surface area contributed by atoms with Gasteiger partial charge in [-0.25, -0.2) is 0 Å². The van der Waals surface area contributed by atoms with Crippen LogP contribution in [0.5, 0.6) is 0 Å². The molecule has 2 heterocycles. The van der Waals surface area contributed by atoms with Gasteiger partial charge in [0.2, 0.25) is 0 Å². The highest BCUT2D eigenvalue weighted by atomic mass is 16.3. The van der Waals surface area contributed by atoms with Crippen LogP contribution in [0.1, 0.15) is 0 Å². The maximum absolute atomic E-state index is 6.31. The molecule has 3 heteroatoms. The number of nitrogens with zero attached hydrogens (tertiary/aromatic N) is 2. The fourth-order valence-corrected chi connectivity index (χ4v) is 8.49. The maximum atomic E-state index is 6.31. The van der Waals surface area contributed by atoms with Crippen molar-refractivity contribution >= 4 is 60.8 Å². The molecule has 9 aromatic carbocycles. The Balaban J connectivity index is 0.922. The van der Waals surface area contributed by atoms with E-state index in [1.54, 1.807) is 0 Å². The van der Waals surface area contributed by atoms with Crippen LogP contribution in [0.25, 0.3) is 82.8 Å². The van der Waals surface area contributed by atoms with Crippen LogP contribution < -0.4 is 4.90 Å². The first-order chi connectivity index (χ1) is 28.3. The van der Waals surface area contributed by atoms with Crippen LogP contribution in [-0.2, 0) is 0 Å². The van der Waals surface area contributed by atoms with E-state index in [2.05, 4.69) is 216 Å². The van der Waals surface area contributed by atoms with Gasteiger partial charge in [0.15, 0.2) is 0 Å². The largest absolute Gasteiger partial charge is 0.456 e. The minimum absolute atomic E-state index is 0.890. The molecular weight excluding hydrogens is 693 g/mol. The number of aromatic nitrogens is 1. The standard InChI is InChI=1S/C54H36N2O/c1-2-14-42(15-3-1)55(50-21-8-4-17-45(50)41-31-34-49-48-20-7-11-24-53(48)57-54(49)36-41)43-32-29-38(30-33-43)37-25-27-39(28-26-37)40-13-12-16-44(35-40)56-51-22-9-5-18-46(51)47-19-6-10-23-52(47)56/h1-36H. The van der Waals surface area contributed by atoms with Crippen LogP contribution in [0.4, 0.5) is 17.1 Å². The van der Waals surface area contributed by atoms with Crippen molar-refractivity contribution < 1.29 is 4.42 Å².